The molecule has 0 saturated carbocycles. The van der Waals surface area contributed by atoms with E-state index in [0.29, 0.717) is 68.2 Å². The fourth-order valence-corrected chi connectivity index (χ4v) is 4.90. The summed E-state index contributed by atoms with van der Waals surface area (Å²) in [5.74, 6) is 1.03. The summed E-state index contributed by atoms with van der Waals surface area (Å²) in [4.78, 5) is 27.6. The van der Waals surface area contributed by atoms with Crippen molar-refractivity contribution in [2.45, 2.75) is 18.6 Å². The van der Waals surface area contributed by atoms with Gasteiger partial charge in [-0.1, -0.05) is 12.1 Å². The summed E-state index contributed by atoms with van der Waals surface area (Å²) in [5, 5.41) is 17.3. The minimum absolute atomic E-state index is 0. The molecule has 1 aromatic carbocycles. The van der Waals surface area contributed by atoms with Crippen LogP contribution in [0.25, 0.3) is 20.8 Å². The van der Waals surface area contributed by atoms with Crippen LogP contribution >= 0.6 is 23.7 Å². The van der Waals surface area contributed by atoms with E-state index in [1.807, 2.05) is 29.2 Å². The quantitative estimate of drug-likeness (QED) is 0.458. The number of ether oxygens (including phenoxy) is 1. The molecule has 0 bridgehead atoms. The highest BCUT2D eigenvalue weighted by atomic mass is 35.5. The van der Waals surface area contributed by atoms with Crippen molar-refractivity contribution in [3.8, 4) is 10.6 Å². The second-order valence-corrected chi connectivity index (χ2v) is 8.62. The third-order valence-corrected chi connectivity index (χ3v) is 6.45. The van der Waals surface area contributed by atoms with E-state index in [9.17, 15) is 9.90 Å². The molecule has 9 nitrogen and oxygen atoms in total. The number of thiazole rings is 1. The number of hydrogen-bond donors (Lipinski definition) is 4. The zero-order chi connectivity index (χ0) is 20.5. The minimum Gasteiger partial charge on any atom is -0.392 e. The zero-order valence-corrected chi connectivity index (χ0v) is 18.5. The summed E-state index contributed by atoms with van der Waals surface area (Å²) >= 11 is 1.47. The Labute approximate surface area is 189 Å². The fourth-order valence-electron chi connectivity index (χ4n) is 3.89. The van der Waals surface area contributed by atoms with Gasteiger partial charge in [-0.05, 0) is 18.6 Å². The molecule has 4 N–H and O–H groups in total. The number of rotatable bonds is 4. The van der Waals surface area contributed by atoms with Gasteiger partial charge < -0.3 is 25.4 Å². The molecule has 5 rings (SSSR count). The van der Waals surface area contributed by atoms with Gasteiger partial charge in [0.15, 0.2) is 0 Å². The van der Waals surface area contributed by atoms with Crippen LogP contribution in [0.4, 0.5) is 11.8 Å². The lowest BCUT2D eigenvalue weighted by Crippen LogP contribution is -2.46. The third kappa shape index (κ3) is 4.68. The molecule has 3 aromatic rings. The number of aromatic nitrogens is 3. The fraction of sp³-hybridized carbons (Fsp3) is 0.450. The lowest BCUT2D eigenvalue weighted by atomic mass is 10.1. The topological polar surface area (TPSA) is 115 Å². The maximum absolute atomic E-state index is 13.2. The highest BCUT2D eigenvalue weighted by Crippen LogP contribution is 2.32. The first-order valence-corrected chi connectivity index (χ1v) is 11.0. The van der Waals surface area contributed by atoms with Gasteiger partial charge in [0.1, 0.15) is 16.4 Å². The van der Waals surface area contributed by atoms with Gasteiger partial charge in [-0.3, -0.25) is 9.78 Å². The number of aromatic amines is 1. The molecule has 2 aliphatic rings. The molecule has 2 atom stereocenters. The van der Waals surface area contributed by atoms with Crippen molar-refractivity contribution in [2.75, 3.05) is 49.6 Å². The van der Waals surface area contributed by atoms with Crippen LogP contribution in [0.5, 0.6) is 0 Å². The van der Waals surface area contributed by atoms with Gasteiger partial charge in [-0.15, -0.1) is 23.7 Å². The molecule has 4 heterocycles. The number of para-hydroxylation sites is 1. The van der Waals surface area contributed by atoms with Gasteiger partial charge in [0.2, 0.25) is 5.95 Å². The number of nitrogens with one attached hydrogen (secondary N) is 3. The average molecular weight is 465 g/mol. The number of H-pyrrole nitrogens is 1. The van der Waals surface area contributed by atoms with Gasteiger partial charge >= 0.3 is 0 Å². The van der Waals surface area contributed by atoms with Crippen LogP contribution in [0.15, 0.2) is 29.1 Å². The molecule has 11 heteroatoms. The number of β-amino-alcohol motifs (C(OH)–C–C–N with tert-alkyl or cyclic N) is 1. The smallest absolute Gasteiger partial charge is 0.264 e. The molecule has 166 valence electrons. The maximum Gasteiger partial charge on any atom is 0.264 e. The van der Waals surface area contributed by atoms with E-state index in [2.05, 4.69) is 20.6 Å². The van der Waals surface area contributed by atoms with Crippen LogP contribution in [0.3, 0.4) is 0 Å². The Bertz CT molecular complexity index is 1070. The molecular formula is C20H25ClN6O3S. The van der Waals surface area contributed by atoms with Crippen molar-refractivity contribution in [1.82, 2.24) is 20.3 Å². The number of aliphatic hydroxyl groups excluding tert-OH is 1. The van der Waals surface area contributed by atoms with Crippen LogP contribution in [-0.4, -0.2) is 71.6 Å². The van der Waals surface area contributed by atoms with Gasteiger partial charge in [0.05, 0.1) is 29.5 Å². The molecule has 2 fully saturated rings. The van der Waals surface area contributed by atoms with Crippen LogP contribution < -0.4 is 21.1 Å². The number of halogens is 1. The molecule has 0 unspecified atom stereocenters. The predicted octanol–water partition coefficient (Wildman–Crippen LogP) is 1.44. The first-order chi connectivity index (χ1) is 14.7. The molecule has 2 aliphatic heterocycles. The van der Waals surface area contributed by atoms with E-state index < -0.39 is 6.10 Å². The summed E-state index contributed by atoms with van der Waals surface area (Å²) in [7, 11) is 0. The maximum atomic E-state index is 13.2. The summed E-state index contributed by atoms with van der Waals surface area (Å²) in [6.07, 6.45) is 0.163. The zero-order valence-electron chi connectivity index (χ0n) is 16.8. The molecule has 2 aromatic heterocycles. The lowest BCUT2D eigenvalue weighted by molar-refractivity contribution is 0.122. The van der Waals surface area contributed by atoms with Crippen molar-refractivity contribution in [2.24, 2.45) is 0 Å². The van der Waals surface area contributed by atoms with Crippen molar-refractivity contribution in [1.29, 1.82) is 0 Å². The Morgan fingerprint density at radius 1 is 1.19 bits per heavy atom. The number of piperidine rings is 1. The van der Waals surface area contributed by atoms with Crippen molar-refractivity contribution >= 4 is 45.7 Å². The Balaban J connectivity index is 0.00000231. The Hall–Kier alpha value is -2.24. The van der Waals surface area contributed by atoms with Crippen LogP contribution in [0.2, 0.25) is 0 Å². The van der Waals surface area contributed by atoms with Gasteiger partial charge in [0, 0.05) is 32.2 Å². The van der Waals surface area contributed by atoms with Crippen molar-refractivity contribution < 1.29 is 9.84 Å². The van der Waals surface area contributed by atoms with E-state index >= 15 is 0 Å². The standard InChI is InChI=1S/C20H24N6O3S.ClH/c27-13-9-12(10-21-11-13)22-17-16(19-23-14-3-1-2-4-15(14)30-19)18(28)25-20(24-17)26-5-7-29-8-6-26;/h1-4,12-13,21,27H,5-11H2,(H2,22,24,25,28);1H/t12-,13-;/m1./s1. The SMILES string of the molecule is Cl.O=c1[nH]c(N2CCOCC2)nc(N[C@H]2CNC[C@H](O)C2)c1-c1nc2ccccc2s1. The lowest BCUT2D eigenvalue weighted by Gasteiger charge is -2.30. The Morgan fingerprint density at radius 2 is 2.00 bits per heavy atom. The number of nitrogens with zero attached hydrogens (tertiary/aromatic N) is 3. The summed E-state index contributed by atoms with van der Waals surface area (Å²) in [5.41, 5.74) is 1.07. The number of hydrogen-bond acceptors (Lipinski definition) is 9. The molecule has 0 aliphatic carbocycles. The van der Waals surface area contributed by atoms with E-state index in [-0.39, 0.29) is 24.0 Å². The normalized spacial score (nSPS) is 21.6. The molecule has 0 amide bonds. The Kier molecular flexibility index (Phi) is 6.73. The van der Waals surface area contributed by atoms with E-state index in [1.165, 1.54) is 11.3 Å². The Morgan fingerprint density at radius 3 is 2.77 bits per heavy atom. The first kappa shape index (κ1) is 22.0. The van der Waals surface area contributed by atoms with E-state index in [4.69, 9.17) is 9.72 Å². The second kappa shape index (κ2) is 9.49. The van der Waals surface area contributed by atoms with Crippen molar-refractivity contribution in [3.05, 3.63) is 34.6 Å². The number of benzene rings is 1. The number of aliphatic hydroxyl groups is 1. The van der Waals surface area contributed by atoms with Crippen LogP contribution in [-0.2, 0) is 4.74 Å². The molecule has 0 spiro atoms. The van der Waals surface area contributed by atoms with Gasteiger partial charge in [-0.25, -0.2) is 4.98 Å². The van der Waals surface area contributed by atoms with Crippen LogP contribution in [0, 0.1) is 0 Å². The number of fused-ring (bicyclic) bond motifs is 1. The monoisotopic (exact) mass is 464 g/mol. The van der Waals surface area contributed by atoms with Gasteiger partial charge in [0.25, 0.3) is 5.56 Å². The minimum atomic E-state index is -0.428. The molecule has 2 saturated heterocycles. The highest BCUT2D eigenvalue weighted by Gasteiger charge is 2.25. The van der Waals surface area contributed by atoms with E-state index in [0.717, 1.165) is 10.2 Å². The summed E-state index contributed by atoms with van der Waals surface area (Å²) in [6.45, 7) is 3.82. The highest BCUT2D eigenvalue weighted by molar-refractivity contribution is 7.21. The van der Waals surface area contributed by atoms with Crippen molar-refractivity contribution in [3.63, 3.8) is 0 Å². The average Bonchev–Trinajstić information content (AvgIpc) is 3.17. The largest absolute Gasteiger partial charge is 0.392 e. The number of anilines is 2. The number of morpholine rings is 1. The van der Waals surface area contributed by atoms with Crippen LogP contribution in [0.1, 0.15) is 6.42 Å². The molecular weight excluding hydrogens is 440 g/mol. The van der Waals surface area contributed by atoms with Gasteiger partial charge in [-0.2, -0.15) is 4.98 Å². The third-order valence-electron chi connectivity index (χ3n) is 5.39. The predicted molar refractivity (Wildman–Crippen MR) is 125 cm³/mol. The summed E-state index contributed by atoms with van der Waals surface area (Å²) < 4.78 is 6.44. The van der Waals surface area contributed by atoms with E-state index in [1.54, 1.807) is 0 Å². The molecule has 31 heavy (non-hydrogen) atoms. The molecule has 0 radical (unpaired) electrons. The first-order valence-electron chi connectivity index (χ1n) is 10.2. The summed E-state index contributed by atoms with van der Waals surface area (Å²) in [6, 6.07) is 7.79. The second-order valence-electron chi connectivity index (χ2n) is 7.59.